The second-order valence-electron chi connectivity index (χ2n) is 45.7. The number of carbonyl (C=O) groups is 12. The summed E-state index contributed by atoms with van der Waals surface area (Å²) in [6.07, 6.45) is 31.8. The molecule has 11 fully saturated rings. The minimum absolute atomic E-state index is 0. The number of halogens is 3. The van der Waals surface area contributed by atoms with Crippen molar-refractivity contribution >= 4 is 95.2 Å². The van der Waals surface area contributed by atoms with Gasteiger partial charge in [0.1, 0.15) is 51.5 Å². The van der Waals surface area contributed by atoms with E-state index in [1.54, 1.807) is 49.9 Å². The monoisotopic (exact) mass is 2220 g/mol. The maximum Gasteiger partial charge on any atom is 2.00 e. The summed E-state index contributed by atoms with van der Waals surface area (Å²) in [5.41, 5.74) is -0.769. The smallest absolute Gasteiger partial charge is 1.00 e. The number of aliphatic hydroxyl groups is 1. The Morgan fingerprint density at radius 2 is 0.808 bits per heavy atom. The maximum absolute atomic E-state index is 14.1. The van der Waals surface area contributed by atoms with Crippen molar-refractivity contribution in [3.63, 3.8) is 0 Å². The first-order valence-electron chi connectivity index (χ1n) is 52.0. The number of ketones is 3. The minimum atomic E-state index is -0.476. The Bertz CT molecular complexity index is 4230. The summed E-state index contributed by atoms with van der Waals surface area (Å²) in [6, 6.07) is 15.8. The first kappa shape index (κ1) is 137. The maximum atomic E-state index is 14.1. The van der Waals surface area contributed by atoms with Gasteiger partial charge < -0.3 is 112 Å². The van der Waals surface area contributed by atoms with Gasteiger partial charge in [0.25, 0.3) is 0 Å². The molecular weight excluding hydrogens is 2040 g/mol. The molecule has 12 aliphatic rings. The Morgan fingerprint density at radius 1 is 0.459 bits per heavy atom. The SMILES string of the molecule is C1CCNC1.C=CC(C)=O.CC(C)(C)OC(=O)N1CCC(C=O)CC1.CC(C)(C)OC(=O)N1CCC(CO)CC1.CC(C)(C)OC(=O)N1CCC2(C=CC(=O)CC2)CC1.CC(C)(C)OC(=O)N1CCC2(CC1)CCC(c1cccc(F)c1)(N1CCCC1)CC2.CC(C)(C)OC(=O)N1CCC2(CCC(=O)CC2)CC1.COC(=O)C1CCN(C(=O)OC(C)(C)C)CC1.COC(=O)C1CCNCC1.Fc1c[c-]ccc1.[Br-].[CH3-].[Mg+2].[Pd]. The molecule has 830 valence electrons. The van der Waals surface area contributed by atoms with Gasteiger partial charge in [0, 0.05) is 142 Å². The van der Waals surface area contributed by atoms with Crippen molar-refractivity contribution in [1.82, 2.24) is 44.9 Å². The van der Waals surface area contributed by atoms with Crippen molar-refractivity contribution in [1.29, 1.82) is 0 Å². The number of nitrogens with zero attached hydrogens (tertiary/aromatic N) is 7. The van der Waals surface area contributed by atoms with E-state index in [2.05, 4.69) is 45.1 Å². The number of carbonyl (C=O) groups excluding carboxylic acids is 12. The molecule has 35 heteroatoms. The summed E-state index contributed by atoms with van der Waals surface area (Å²) in [7, 11) is 2.84. The third-order valence-corrected chi connectivity index (χ3v) is 27.3. The van der Waals surface area contributed by atoms with Crippen LogP contribution in [0.4, 0.5) is 37.5 Å². The van der Waals surface area contributed by atoms with E-state index < -0.39 is 33.6 Å². The molecule has 6 amide bonds. The van der Waals surface area contributed by atoms with Gasteiger partial charge in [0.05, 0.1) is 26.1 Å². The fourth-order valence-electron chi connectivity index (χ4n) is 18.8. The van der Waals surface area contributed by atoms with Crippen LogP contribution >= 0.6 is 0 Å². The van der Waals surface area contributed by atoms with Crippen LogP contribution in [0, 0.1) is 65.0 Å². The number of aliphatic hydroxyl groups excluding tert-OH is 1. The van der Waals surface area contributed by atoms with Gasteiger partial charge >= 0.3 is 71.6 Å². The van der Waals surface area contributed by atoms with Gasteiger partial charge in [-0.2, -0.15) is 18.2 Å². The van der Waals surface area contributed by atoms with Gasteiger partial charge in [0.2, 0.25) is 0 Å². The molecule has 2 aromatic rings. The number of nitrogens with one attached hydrogen (secondary N) is 2. The molecule has 0 unspecified atom stereocenters. The molecule has 146 heavy (non-hydrogen) atoms. The van der Waals surface area contributed by atoms with E-state index in [1.807, 2.05) is 140 Å². The fraction of sp³-hybridized carbons (Fsp3) is 0.739. The Hall–Kier alpha value is -7.23. The van der Waals surface area contributed by atoms with E-state index >= 15 is 0 Å². The summed E-state index contributed by atoms with van der Waals surface area (Å²) >= 11 is 0. The van der Waals surface area contributed by atoms with Crippen molar-refractivity contribution in [2.45, 2.75) is 350 Å². The third-order valence-electron chi connectivity index (χ3n) is 27.3. The van der Waals surface area contributed by atoms with Crippen LogP contribution in [0.5, 0.6) is 0 Å². The third kappa shape index (κ3) is 52.7. The number of likely N-dealkylation sites (tertiary alicyclic amines) is 7. The number of ether oxygens (including phenoxy) is 8. The molecular formula is C111H181BrF2MgN9O21Pd-. The number of esters is 2. The average Bonchev–Trinajstić information content (AvgIpc) is 1.28. The first-order chi connectivity index (χ1) is 66.5. The molecule has 0 aromatic heterocycles. The number of amides is 6. The molecule has 9 heterocycles. The van der Waals surface area contributed by atoms with Crippen molar-refractivity contribution in [3.05, 3.63) is 104 Å². The van der Waals surface area contributed by atoms with E-state index in [9.17, 15) is 66.3 Å². The minimum Gasteiger partial charge on any atom is -1.00 e. The topological polar surface area (TPSA) is 346 Å². The summed E-state index contributed by atoms with van der Waals surface area (Å²) < 4.78 is 67.4. The number of benzene rings is 2. The number of rotatable bonds is 7. The van der Waals surface area contributed by atoms with Crippen LogP contribution in [-0.2, 0) is 92.6 Å². The van der Waals surface area contributed by atoms with Crippen LogP contribution in [0.25, 0.3) is 0 Å². The second kappa shape index (κ2) is 65.9. The van der Waals surface area contributed by atoms with Crippen LogP contribution in [-0.4, -0.2) is 307 Å². The Morgan fingerprint density at radius 3 is 1.12 bits per heavy atom. The molecule has 9 saturated heterocycles. The summed E-state index contributed by atoms with van der Waals surface area (Å²) in [4.78, 5) is 150. The number of hydrogen-bond donors (Lipinski definition) is 3. The second-order valence-corrected chi connectivity index (χ2v) is 45.7. The Labute approximate surface area is 913 Å². The number of piperidine rings is 7. The molecule has 3 aliphatic carbocycles. The zero-order valence-corrected chi connectivity index (χ0v) is 97.1. The number of methoxy groups -OCH3 is 2. The molecule has 0 atom stereocenters. The van der Waals surface area contributed by atoms with Crippen LogP contribution in [0.2, 0.25) is 0 Å². The zero-order valence-electron chi connectivity index (χ0n) is 92.6. The van der Waals surface area contributed by atoms with Crippen molar-refractivity contribution in [3.8, 4) is 0 Å². The molecule has 2 aromatic carbocycles. The van der Waals surface area contributed by atoms with Crippen molar-refractivity contribution in [2.75, 3.05) is 139 Å². The van der Waals surface area contributed by atoms with Crippen LogP contribution in [0.15, 0.2) is 73.3 Å². The zero-order chi connectivity index (χ0) is 106. The molecule has 0 radical (unpaired) electrons. The number of Topliss-reactive ketones (excluding diaryl/α,β-unsaturated/α-hetero) is 1. The number of allylic oxidation sites excluding steroid dienone is 3. The van der Waals surface area contributed by atoms with Gasteiger partial charge in [-0.3, -0.25) is 33.3 Å². The summed E-state index contributed by atoms with van der Waals surface area (Å²) in [5.74, 6) is 0.567. The predicted molar refractivity (Wildman–Crippen MR) is 557 cm³/mol. The van der Waals surface area contributed by atoms with E-state index in [-0.39, 0.29) is 175 Å². The normalized spacial score (nSPS) is 19.8. The first-order valence-corrected chi connectivity index (χ1v) is 52.0. The van der Waals surface area contributed by atoms with E-state index in [0.29, 0.717) is 94.2 Å². The standard InChI is InChI=1S/C25H37FN2O2.C15H25NO3.C15H23NO3.C12H21NO4.C11H21NO3.C11H19NO3.C7H13NO2.C6H4F.C4H9N.C4H6O.CH3.BrH.Mg.Pd/c1-23(2,3)30-22(29)27-17-13-24(14-18-27)9-11-25(12-10-24,28-15-4-5-16-28)20-7-6-8-21(26)19-20;2*1-14(2,3)19-13(18)16-10-8-15(9-11-16)6-4-12(17)5-7-15;1-12(2,3)17-11(15)13-7-5-9(6-8-13)10(14)16-4;2*1-11(2,3)15-10(14)12-6-4-9(8-13)5-7-12;1-10-7(9)6-2-4-8-5-3-6;7-6-4-2-1-3-5-6;1-2-4-5-3-1;1-3-4(2)5;;;;/h6-8,19H,4-5,9-18H2,1-3H3;4-11H2,1-3H3;4,6H,5,7-11H2,1-3H3;9H,5-8H2,1-4H3;9,13H,4-8H2,1-3H3;8-9H,4-7H2,1-3H3;6,8H,2-5H2,1H3;1-2,4-5H;5H,1-4H2;3H,1H2,2H3;1H3;1H;;/q;;;;;;;-1;;;-1;;+2;/p-1. The van der Waals surface area contributed by atoms with Gasteiger partial charge in [-0.25, -0.2) is 33.2 Å². The van der Waals surface area contributed by atoms with Gasteiger partial charge in [-0.1, -0.05) is 24.8 Å². The van der Waals surface area contributed by atoms with E-state index in [1.165, 1.54) is 78.1 Å². The van der Waals surface area contributed by atoms with Gasteiger partial charge in [-0.05, 0) is 383 Å². The van der Waals surface area contributed by atoms with E-state index in [4.69, 9.17) is 38.3 Å². The molecule has 9 aliphatic heterocycles. The number of hydrogen-bond acceptors (Lipinski definition) is 24. The molecule has 14 rings (SSSR count). The molecule has 0 bridgehead atoms. The summed E-state index contributed by atoms with van der Waals surface area (Å²) in [6.45, 7) is 53.5. The molecule has 30 nitrogen and oxygen atoms in total. The van der Waals surface area contributed by atoms with Gasteiger partial charge in [0.15, 0.2) is 11.6 Å². The predicted octanol–water partition coefficient (Wildman–Crippen LogP) is 17.0. The fourth-order valence-corrected chi connectivity index (χ4v) is 18.8. The van der Waals surface area contributed by atoms with Crippen molar-refractivity contribution in [2.24, 2.45) is 39.9 Å². The summed E-state index contributed by atoms with van der Waals surface area (Å²) in [5, 5.41) is 15.4. The van der Waals surface area contributed by atoms with E-state index in [0.717, 1.165) is 199 Å². The quantitative estimate of drug-likeness (QED) is 0.0579. The molecule has 2 saturated carbocycles. The van der Waals surface area contributed by atoms with Crippen molar-refractivity contribution < 1.29 is 147 Å². The van der Waals surface area contributed by atoms with Crippen LogP contribution in [0.3, 0.4) is 0 Å². The molecule has 3 N–H and O–H groups in total. The number of aldehydes is 1. The molecule has 3 spiro atoms. The van der Waals surface area contributed by atoms with Gasteiger partial charge in [-0.15, -0.1) is 12.1 Å². The Kier molecular flexibility index (Phi) is 61.7. The largest absolute Gasteiger partial charge is 2.00 e. The average molecular weight is 2230 g/mol. The van der Waals surface area contributed by atoms with Crippen LogP contribution in [0.1, 0.15) is 317 Å². The van der Waals surface area contributed by atoms with Crippen LogP contribution < -0.4 is 27.6 Å². The Balaban J connectivity index is 0.000000838.